The quantitative estimate of drug-likeness (QED) is 0.709. The molecule has 1 amide bonds. The Hall–Kier alpha value is -2.24. The van der Waals surface area contributed by atoms with Gasteiger partial charge in [-0.15, -0.1) is 0 Å². The lowest BCUT2D eigenvalue weighted by Crippen LogP contribution is -2.23. The predicted molar refractivity (Wildman–Crippen MR) is 96.9 cm³/mol. The van der Waals surface area contributed by atoms with Gasteiger partial charge >= 0.3 is 12.1 Å². The number of hydrogen-bond acceptors (Lipinski definition) is 4. The van der Waals surface area contributed by atoms with Crippen molar-refractivity contribution in [3.8, 4) is 0 Å². The Morgan fingerprint density at radius 2 is 1.72 bits per heavy atom. The van der Waals surface area contributed by atoms with E-state index < -0.39 is 18.2 Å². The smallest absolute Gasteiger partial charge is 0.411 e. The van der Waals surface area contributed by atoms with Crippen LogP contribution in [0, 0.1) is 0 Å². The summed E-state index contributed by atoms with van der Waals surface area (Å²) in [6.07, 6.45) is -1.39. The molecule has 1 atom stereocenters. The zero-order valence-electron chi connectivity index (χ0n) is 13.5. The average Bonchev–Trinajstić information content (AvgIpc) is 2.52. The van der Waals surface area contributed by atoms with Gasteiger partial charge in [-0.1, -0.05) is 53.5 Å². The first kappa shape index (κ1) is 19.1. The van der Waals surface area contributed by atoms with E-state index in [1.165, 1.54) is 12.1 Å². The first-order chi connectivity index (χ1) is 11.9. The number of halogens is 2. The highest BCUT2D eigenvalue weighted by Gasteiger charge is 2.15. The Morgan fingerprint density at radius 1 is 1.08 bits per heavy atom. The number of benzene rings is 2. The highest BCUT2D eigenvalue weighted by molar-refractivity contribution is 6.35. The Labute approximate surface area is 155 Å². The lowest BCUT2D eigenvalue weighted by atomic mass is 10.2. The van der Waals surface area contributed by atoms with Crippen molar-refractivity contribution in [1.29, 1.82) is 0 Å². The Bertz CT molecular complexity index is 717. The standard InChI is InChI=1S/C18H17Cl2NO4/c1-12(7-17(22)24-11-13-5-3-2-4-6-13)25-18(23)21-16-9-14(19)8-15(20)10-16/h2-6,8-10,12H,7,11H2,1H3,(H,21,23)/t12-/m1/s1. The number of nitrogens with one attached hydrogen (secondary N) is 1. The highest BCUT2D eigenvalue weighted by Crippen LogP contribution is 2.22. The minimum atomic E-state index is -0.707. The summed E-state index contributed by atoms with van der Waals surface area (Å²) in [4.78, 5) is 23.6. The molecule has 0 unspecified atom stereocenters. The summed E-state index contributed by atoms with van der Waals surface area (Å²) in [5.74, 6) is -0.449. The molecule has 0 saturated carbocycles. The molecule has 132 valence electrons. The lowest BCUT2D eigenvalue weighted by molar-refractivity contribution is -0.146. The third-order valence-electron chi connectivity index (χ3n) is 3.11. The Morgan fingerprint density at radius 3 is 2.36 bits per heavy atom. The van der Waals surface area contributed by atoms with Gasteiger partial charge in [0.25, 0.3) is 0 Å². The maximum absolute atomic E-state index is 11.8. The van der Waals surface area contributed by atoms with Crippen LogP contribution in [0.15, 0.2) is 48.5 Å². The van der Waals surface area contributed by atoms with Gasteiger partial charge in [0.1, 0.15) is 12.7 Å². The molecular weight excluding hydrogens is 365 g/mol. The van der Waals surface area contributed by atoms with Crippen LogP contribution in [0.4, 0.5) is 10.5 Å². The molecule has 25 heavy (non-hydrogen) atoms. The molecule has 0 aromatic heterocycles. The number of carbonyl (C=O) groups excluding carboxylic acids is 2. The van der Waals surface area contributed by atoms with Crippen molar-refractivity contribution in [1.82, 2.24) is 0 Å². The number of rotatable bonds is 6. The van der Waals surface area contributed by atoms with E-state index in [1.54, 1.807) is 13.0 Å². The van der Waals surface area contributed by atoms with Crippen LogP contribution in [0.2, 0.25) is 10.0 Å². The molecule has 2 aromatic rings. The van der Waals surface area contributed by atoms with Crippen molar-refractivity contribution in [3.05, 3.63) is 64.1 Å². The number of carbonyl (C=O) groups is 2. The fourth-order valence-corrected chi connectivity index (χ4v) is 2.56. The van der Waals surface area contributed by atoms with Crippen LogP contribution in [0.5, 0.6) is 0 Å². The van der Waals surface area contributed by atoms with E-state index in [1.807, 2.05) is 30.3 Å². The summed E-state index contributed by atoms with van der Waals surface area (Å²) in [5.41, 5.74) is 1.29. The number of hydrogen-bond donors (Lipinski definition) is 1. The monoisotopic (exact) mass is 381 g/mol. The topological polar surface area (TPSA) is 64.6 Å². The Balaban J connectivity index is 1.75. The van der Waals surface area contributed by atoms with Gasteiger partial charge in [-0.05, 0) is 30.7 Å². The normalized spacial score (nSPS) is 11.5. The van der Waals surface area contributed by atoms with E-state index in [-0.39, 0.29) is 13.0 Å². The van der Waals surface area contributed by atoms with Crippen molar-refractivity contribution in [3.63, 3.8) is 0 Å². The minimum absolute atomic E-state index is 0.0451. The molecule has 0 spiro atoms. The molecule has 0 fully saturated rings. The molecule has 0 aliphatic rings. The van der Waals surface area contributed by atoms with E-state index >= 15 is 0 Å². The van der Waals surface area contributed by atoms with Gasteiger partial charge < -0.3 is 9.47 Å². The van der Waals surface area contributed by atoms with Crippen LogP contribution in [-0.2, 0) is 20.9 Å². The van der Waals surface area contributed by atoms with Crippen molar-refractivity contribution in [2.24, 2.45) is 0 Å². The molecular formula is C18H17Cl2NO4. The van der Waals surface area contributed by atoms with Crippen LogP contribution < -0.4 is 5.32 Å². The maximum atomic E-state index is 11.8. The summed E-state index contributed by atoms with van der Waals surface area (Å²) in [5, 5.41) is 3.28. The summed E-state index contributed by atoms with van der Waals surface area (Å²) in [6, 6.07) is 13.9. The fourth-order valence-electron chi connectivity index (χ4n) is 2.03. The number of anilines is 1. The molecule has 0 bridgehead atoms. The number of esters is 1. The third-order valence-corrected chi connectivity index (χ3v) is 3.55. The van der Waals surface area contributed by atoms with E-state index in [2.05, 4.69) is 5.32 Å². The van der Waals surface area contributed by atoms with E-state index in [0.717, 1.165) is 5.56 Å². The molecule has 0 saturated heterocycles. The van der Waals surface area contributed by atoms with E-state index in [4.69, 9.17) is 32.7 Å². The van der Waals surface area contributed by atoms with Crippen LogP contribution in [0.3, 0.4) is 0 Å². The van der Waals surface area contributed by atoms with Crippen LogP contribution in [0.1, 0.15) is 18.9 Å². The molecule has 0 radical (unpaired) electrons. The van der Waals surface area contributed by atoms with Gasteiger partial charge in [0.05, 0.1) is 6.42 Å². The zero-order valence-corrected chi connectivity index (χ0v) is 15.0. The Kier molecular flexibility index (Phi) is 7.10. The minimum Gasteiger partial charge on any atom is -0.461 e. The van der Waals surface area contributed by atoms with E-state index in [0.29, 0.717) is 15.7 Å². The summed E-state index contributed by atoms with van der Waals surface area (Å²) in [6.45, 7) is 1.79. The number of amides is 1. The van der Waals surface area contributed by atoms with Crippen molar-refractivity contribution in [2.45, 2.75) is 26.1 Å². The van der Waals surface area contributed by atoms with Gasteiger partial charge in [0, 0.05) is 15.7 Å². The predicted octanol–water partition coefficient (Wildman–Crippen LogP) is 5.06. The molecule has 0 heterocycles. The van der Waals surface area contributed by atoms with Crippen LogP contribution >= 0.6 is 23.2 Å². The third kappa shape index (κ3) is 7.03. The largest absolute Gasteiger partial charge is 0.461 e. The van der Waals surface area contributed by atoms with Gasteiger partial charge in [-0.25, -0.2) is 4.79 Å². The summed E-state index contributed by atoms with van der Waals surface area (Å²) in [7, 11) is 0. The van der Waals surface area contributed by atoms with Crippen molar-refractivity contribution < 1.29 is 19.1 Å². The van der Waals surface area contributed by atoms with Gasteiger partial charge in [-0.3, -0.25) is 10.1 Å². The van der Waals surface area contributed by atoms with Gasteiger partial charge in [-0.2, -0.15) is 0 Å². The SMILES string of the molecule is C[C@H](CC(=O)OCc1ccccc1)OC(=O)Nc1cc(Cl)cc(Cl)c1. The second-order valence-electron chi connectivity index (χ2n) is 5.35. The van der Waals surface area contributed by atoms with E-state index in [9.17, 15) is 9.59 Å². The second kappa shape index (κ2) is 9.30. The van der Waals surface area contributed by atoms with Crippen LogP contribution in [-0.4, -0.2) is 18.2 Å². The zero-order chi connectivity index (χ0) is 18.2. The first-order valence-electron chi connectivity index (χ1n) is 7.55. The van der Waals surface area contributed by atoms with Gasteiger partial charge in [0.15, 0.2) is 0 Å². The molecule has 7 heteroatoms. The average molecular weight is 382 g/mol. The number of ether oxygens (including phenoxy) is 2. The first-order valence-corrected chi connectivity index (χ1v) is 8.31. The fraction of sp³-hybridized carbons (Fsp3) is 0.222. The van der Waals surface area contributed by atoms with Crippen LogP contribution in [0.25, 0.3) is 0 Å². The molecule has 1 N–H and O–H groups in total. The molecule has 5 nitrogen and oxygen atoms in total. The molecule has 0 aliphatic heterocycles. The summed E-state index contributed by atoms with van der Waals surface area (Å²) < 4.78 is 10.3. The van der Waals surface area contributed by atoms with Gasteiger partial charge in [0.2, 0.25) is 0 Å². The maximum Gasteiger partial charge on any atom is 0.411 e. The molecule has 2 rings (SSSR count). The second-order valence-corrected chi connectivity index (χ2v) is 6.22. The summed E-state index contributed by atoms with van der Waals surface area (Å²) >= 11 is 11.7. The molecule has 0 aliphatic carbocycles. The molecule has 2 aromatic carbocycles. The van der Waals surface area contributed by atoms with Crippen molar-refractivity contribution >= 4 is 41.0 Å². The highest BCUT2D eigenvalue weighted by atomic mass is 35.5. The van der Waals surface area contributed by atoms with Crippen molar-refractivity contribution in [2.75, 3.05) is 5.32 Å². The lowest BCUT2D eigenvalue weighted by Gasteiger charge is -2.14.